The number of aldehydes is 1. The lowest BCUT2D eigenvalue weighted by Gasteiger charge is -2.43. The van der Waals surface area contributed by atoms with E-state index in [0.29, 0.717) is 36.3 Å². The van der Waals surface area contributed by atoms with Gasteiger partial charge in [-0.2, -0.15) is 0 Å². The Bertz CT molecular complexity index is 1960. The Hall–Kier alpha value is -4.67. The fourth-order valence-corrected chi connectivity index (χ4v) is 7.20. The van der Waals surface area contributed by atoms with Crippen LogP contribution in [0.1, 0.15) is 70.7 Å². The fraction of sp³-hybridized carbons (Fsp3) is 0.463. The fourth-order valence-electron chi connectivity index (χ4n) is 7.05. The molecule has 7 atom stereocenters. The summed E-state index contributed by atoms with van der Waals surface area (Å²) in [5.74, 6) is -2.35. The highest BCUT2D eigenvalue weighted by atomic mass is 35.5. The molecule has 57 heavy (non-hydrogen) atoms. The van der Waals surface area contributed by atoms with Gasteiger partial charge in [-0.3, -0.25) is 9.78 Å². The van der Waals surface area contributed by atoms with Crippen LogP contribution in [0.15, 0.2) is 54.7 Å². The van der Waals surface area contributed by atoms with Gasteiger partial charge >= 0.3 is 6.09 Å². The van der Waals surface area contributed by atoms with Crippen molar-refractivity contribution in [3.8, 4) is 11.1 Å². The Morgan fingerprint density at radius 3 is 2.56 bits per heavy atom. The van der Waals surface area contributed by atoms with Crippen molar-refractivity contribution in [2.75, 3.05) is 30.8 Å². The molecule has 0 bridgehead atoms. The molecule has 308 valence electrons. The molecule has 13 nitrogen and oxygen atoms in total. The Balaban J connectivity index is 1.43. The average Bonchev–Trinajstić information content (AvgIpc) is 3.17. The molecule has 6 N–H and O–H groups in total. The van der Waals surface area contributed by atoms with Gasteiger partial charge in [0.15, 0.2) is 12.0 Å². The van der Waals surface area contributed by atoms with Crippen LogP contribution >= 0.6 is 11.6 Å². The number of aliphatic hydroxyl groups is 3. The first-order chi connectivity index (χ1) is 27.0. The zero-order valence-corrected chi connectivity index (χ0v) is 33.2. The van der Waals surface area contributed by atoms with Crippen molar-refractivity contribution in [1.29, 1.82) is 0 Å². The van der Waals surface area contributed by atoms with Crippen molar-refractivity contribution in [1.82, 2.24) is 15.2 Å². The van der Waals surface area contributed by atoms with Crippen molar-refractivity contribution < 1.29 is 48.0 Å². The van der Waals surface area contributed by atoms with E-state index < -0.39 is 72.5 Å². The van der Waals surface area contributed by atoms with Crippen LogP contribution in [0.5, 0.6) is 0 Å². The maximum absolute atomic E-state index is 14.9. The first kappa shape index (κ1) is 43.5. The molecule has 1 saturated heterocycles. The summed E-state index contributed by atoms with van der Waals surface area (Å²) in [5.41, 5.74) is 2.31. The van der Waals surface area contributed by atoms with E-state index in [-0.39, 0.29) is 35.0 Å². The van der Waals surface area contributed by atoms with Gasteiger partial charge in [0.1, 0.15) is 42.1 Å². The van der Waals surface area contributed by atoms with Gasteiger partial charge in [-0.25, -0.2) is 13.6 Å². The third-order valence-electron chi connectivity index (χ3n) is 9.95. The summed E-state index contributed by atoms with van der Waals surface area (Å²) >= 11 is 5.94. The molecule has 0 spiro atoms. The zero-order chi connectivity index (χ0) is 41.6. The molecule has 0 radical (unpaired) electrons. The lowest BCUT2D eigenvalue weighted by atomic mass is 9.93. The summed E-state index contributed by atoms with van der Waals surface area (Å²) in [4.78, 5) is 44.1. The molecule has 2 amide bonds. The Morgan fingerprint density at radius 2 is 1.89 bits per heavy atom. The van der Waals surface area contributed by atoms with Crippen LogP contribution in [0.25, 0.3) is 16.7 Å². The Morgan fingerprint density at radius 1 is 1.14 bits per heavy atom. The number of aliphatic hydroxyl groups excluding tert-OH is 3. The molecule has 5 rings (SSSR count). The molecule has 2 aliphatic heterocycles. The molecule has 16 heteroatoms. The smallest absolute Gasteiger partial charge is 0.408 e. The van der Waals surface area contributed by atoms with Gasteiger partial charge in [0, 0.05) is 48.7 Å². The van der Waals surface area contributed by atoms with Gasteiger partial charge in [0.25, 0.3) is 0 Å². The number of amides is 2. The van der Waals surface area contributed by atoms with Crippen molar-refractivity contribution >= 4 is 46.8 Å². The number of carbonyl (C=O) groups excluding carboxylic acids is 3. The highest BCUT2D eigenvalue weighted by Crippen LogP contribution is 2.38. The molecular weight excluding hydrogens is 764 g/mol. The quantitative estimate of drug-likeness (QED) is 0.0852. The van der Waals surface area contributed by atoms with Crippen molar-refractivity contribution in [2.24, 2.45) is 5.92 Å². The topological polar surface area (TPSA) is 183 Å². The van der Waals surface area contributed by atoms with Crippen LogP contribution in [0, 0.1) is 17.6 Å². The average molecular weight is 814 g/mol. The van der Waals surface area contributed by atoms with Gasteiger partial charge in [-0.05, 0) is 87.6 Å². The summed E-state index contributed by atoms with van der Waals surface area (Å²) in [6.45, 7) is 6.45. The third-order valence-corrected chi connectivity index (χ3v) is 10.2. The van der Waals surface area contributed by atoms with E-state index in [4.69, 9.17) is 21.1 Å². The van der Waals surface area contributed by atoms with E-state index in [1.54, 1.807) is 51.0 Å². The number of hydrogen-bond acceptors (Lipinski definition) is 11. The second-order valence-corrected chi connectivity index (χ2v) is 15.7. The number of carbonyl (C=O) groups is 3. The van der Waals surface area contributed by atoms with E-state index in [2.05, 4.69) is 20.9 Å². The van der Waals surface area contributed by atoms with Gasteiger partial charge in [-0.15, -0.1) is 0 Å². The number of alkyl carbamates (subject to hydrolysis) is 1. The van der Waals surface area contributed by atoms with Crippen molar-refractivity contribution in [2.45, 2.75) is 95.6 Å². The number of rotatable bonds is 14. The second kappa shape index (κ2) is 18.7. The van der Waals surface area contributed by atoms with Crippen LogP contribution in [0.2, 0.25) is 5.02 Å². The maximum Gasteiger partial charge on any atom is 0.408 e. The van der Waals surface area contributed by atoms with Gasteiger partial charge in [-0.1, -0.05) is 31.0 Å². The molecule has 0 aliphatic carbocycles. The van der Waals surface area contributed by atoms with E-state index in [1.807, 2.05) is 25.1 Å². The lowest BCUT2D eigenvalue weighted by molar-refractivity contribution is -0.186. The Labute approximate surface area is 335 Å². The van der Waals surface area contributed by atoms with Gasteiger partial charge in [0.05, 0.1) is 28.9 Å². The number of nitrogens with one attached hydrogen (secondary N) is 3. The number of pyridine rings is 1. The zero-order valence-electron chi connectivity index (χ0n) is 32.5. The molecule has 0 saturated carbocycles. The number of ether oxygens (including phenoxy) is 2. The Kier molecular flexibility index (Phi) is 14.3. The van der Waals surface area contributed by atoms with Crippen LogP contribution in [-0.4, -0.2) is 99.9 Å². The molecule has 2 aliphatic rings. The summed E-state index contributed by atoms with van der Waals surface area (Å²) in [7, 11) is 1.73. The number of aromatic nitrogens is 1. The molecule has 1 aromatic heterocycles. The normalized spacial score (nSPS) is 22.3. The molecular formula is C41H50ClF2N5O8. The monoisotopic (exact) mass is 813 g/mol. The number of benzene rings is 2. The van der Waals surface area contributed by atoms with E-state index in [1.165, 1.54) is 6.08 Å². The predicted octanol–water partition coefficient (Wildman–Crippen LogP) is 5.83. The van der Waals surface area contributed by atoms with Crippen LogP contribution in [0.3, 0.4) is 0 Å². The third kappa shape index (κ3) is 10.4. The van der Waals surface area contributed by atoms with Crippen LogP contribution < -0.4 is 16.0 Å². The first-order valence-corrected chi connectivity index (χ1v) is 19.2. The number of hydrogen-bond donors (Lipinski definition) is 6. The maximum atomic E-state index is 14.9. The van der Waals surface area contributed by atoms with Crippen molar-refractivity contribution in [3.05, 3.63) is 82.7 Å². The molecule has 2 aromatic carbocycles. The number of anilines is 2. The number of nitrogens with zero attached hydrogens (tertiary/aromatic N) is 2. The molecule has 1 fully saturated rings. The van der Waals surface area contributed by atoms with Crippen LogP contribution in [-0.2, 0) is 19.1 Å². The number of halogens is 3. The highest BCUT2D eigenvalue weighted by molar-refractivity contribution is 6.31. The largest absolute Gasteiger partial charge is 0.444 e. The minimum absolute atomic E-state index is 0.161. The lowest BCUT2D eigenvalue weighted by Crippen LogP contribution is -2.66. The van der Waals surface area contributed by atoms with Gasteiger partial charge in [0.2, 0.25) is 5.91 Å². The summed E-state index contributed by atoms with van der Waals surface area (Å²) in [6, 6.07) is 9.55. The van der Waals surface area contributed by atoms with Crippen molar-refractivity contribution in [3.63, 3.8) is 0 Å². The SMILES string of the molecule is CNc1cc(NC2O[C@H](CO)C(O)C(O)C2NC(=O)OC(C)(C)C)ccc1-c1ccnc(C(CCCC(C)C=O)N2CCC(c3c(F)ccc(Cl)c3F)=CC2=O)c1. The van der Waals surface area contributed by atoms with E-state index in [0.717, 1.165) is 29.5 Å². The summed E-state index contributed by atoms with van der Waals surface area (Å²) in [6.07, 6.45) is -0.479. The molecule has 6 unspecified atom stereocenters. The standard InChI is InChI=1S/C41H50ClF2N5O8/c1-22(20-50)7-6-8-31(49-16-14-24(18-33(49)52)34-28(43)12-11-27(42)35(34)44)30-17-23(13-15-46-30)26-10-9-25(19-29(26)45-5)47-39-36(48-40(55)57-41(2,3)4)38(54)37(53)32(21-51)56-39/h9-13,15,17-20,22,31-32,36-39,45,47,51,53-54H,6-8,14,16,21H2,1-5H3,(H,48,55)/t22?,31?,32-,36?,37?,38?,39?/m1/s1. The summed E-state index contributed by atoms with van der Waals surface area (Å²) in [5, 5.41) is 40.0. The first-order valence-electron chi connectivity index (χ1n) is 18.8. The van der Waals surface area contributed by atoms with Gasteiger partial charge < -0.3 is 50.4 Å². The minimum atomic E-state index is -1.51. The van der Waals surface area contributed by atoms with E-state index in [9.17, 15) is 38.5 Å². The second-order valence-electron chi connectivity index (χ2n) is 15.3. The van der Waals surface area contributed by atoms with Crippen LogP contribution in [0.4, 0.5) is 25.0 Å². The molecule has 3 aromatic rings. The van der Waals surface area contributed by atoms with E-state index >= 15 is 0 Å². The summed E-state index contributed by atoms with van der Waals surface area (Å²) < 4.78 is 40.9. The molecule has 3 heterocycles. The highest BCUT2D eigenvalue weighted by Gasteiger charge is 2.45. The minimum Gasteiger partial charge on any atom is -0.444 e. The predicted molar refractivity (Wildman–Crippen MR) is 211 cm³/mol.